The number of rotatable bonds is 3. The highest BCUT2D eigenvalue weighted by molar-refractivity contribution is 5.96. The van der Waals surface area contributed by atoms with Crippen LogP contribution in [-0.4, -0.2) is 59.6 Å². The summed E-state index contributed by atoms with van der Waals surface area (Å²) in [5, 5.41) is 6.59. The number of piperazine rings is 1. The zero-order valence-corrected chi connectivity index (χ0v) is 18.9. The molecule has 1 heterocycles. The van der Waals surface area contributed by atoms with E-state index in [4.69, 9.17) is 16.0 Å². The van der Waals surface area contributed by atoms with E-state index < -0.39 is 5.60 Å². The lowest BCUT2D eigenvalue weighted by molar-refractivity contribution is 0.0141. The number of para-hydroxylation sites is 1. The van der Waals surface area contributed by atoms with Gasteiger partial charge in [-0.3, -0.25) is 4.79 Å². The number of nitrogens with one attached hydrogen (secondary N) is 1. The molecule has 0 spiro atoms. The fraction of sp³-hybridized carbons (Fsp3) is 0.333. The molecule has 2 aromatic carbocycles. The first kappa shape index (κ1) is 23.6. The molecule has 0 saturated carbocycles. The van der Waals surface area contributed by atoms with E-state index in [-0.39, 0.29) is 18.0 Å². The zero-order chi connectivity index (χ0) is 23.8. The Labute approximate surface area is 193 Å². The highest BCUT2D eigenvalue weighted by atomic mass is 16.6. The number of hydrogen-bond donors (Lipinski definition) is 1. The molecule has 172 valence electrons. The summed E-state index contributed by atoms with van der Waals surface area (Å²) in [6.07, 6.45) is -0.361. The number of hydrogen-bond acceptors (Lipinski definition) is 5. The maximum atomic E-state index is 12.9. The van der Waals surface area contributed by atoms with E-state index in [1.54, 1.807) is 46.2 Å². The van der Waals surface area contributed by atoms with Gasteiger partial charge in [-0.05, 0) is 57.2 Å². The van der Waals surface area contributed by atoms with Gasteiger partial charge in [0.15, 0.2) is 0 Å². The third-order valence-corrected chi connectivity index (χ3v) is 4.70. The highest BCUT2D eigenvalue weighted by Crippen LogP contribution is 2.16. The third kappa shape index (κ3) is 6.97. The predicted octanol–water partition coefficient (Wildman–Crippen LogP) is 4.06. The molecule has 1 fully saturated rings. The first-order valence-corrected chi connectivity index (χ1v) is 10.6. The largest absolute Gasteiger partial charge is 0.444 e. The van der Waals surface area contributed by atoms with Crippen molar-refractivity contribution in [2.75, 3.05) is 31.5 Å². The Morgan fingerprint density at radius 3 is 2.15 bits per heavy atom. The lowest BCUT2D eigenvalue weighted by atomic mass is 10.1. The standard InChI is InChI=1S/C24H27N5O4/c1-24(2,3)33-23(31)29-16-14-28(15-17-29)21(30)18-10-12-19(13-11-18)26-22(27-25-4)32-20-8-6-5-7-9-20/h5-13H,14-17H2,1-3H3,(H,26,27). The van der Waals surface area contributed by atoms with E-state index in [1.807, 2.05) is 39.0 Å². The molecule has 1 N–H and O–H groups in total. The van der Waals surface area contributed by atoms with E-state index in [1.165, 1.54) is 0 Å². The topological polar surface area (TPSA) is 87.8 Å². The molecule has 2 amide bonds. The normalized spacial score (nSPS) is 14.3. The molecule has 0 aromatic heterocycles. The number of anilines is 1. The molecule has 9 heteroatoms. The maximum absolute atomic E-state index is 12.9. The number of ether oxygens (including phenoxy) is 2. The molecular formula is C24H27N5O4. The number of amidine groups is 1. The highest BCUT2D eigenvalue weighted by Gasteiger charge is 2.28. The number of amides is 2. The van der Waals surface area contributed by atoms with Crippen molar-refractivity contribution in [3.8, 4) is 5.75 Å². The van der Waals surface area contributed by atoms with Gasteiger partial charge in [-0.1, -0.05) is 18.2 Å². The zero-order valence-electron chi connectivity index (χ0n) is 18.9. The van der Waals surface area contributed by atoms with Gasteiger partial charge >= 0.3 is 12.1 Å². The Balaban J connectivity index is 1.56. The molecule has 1 aliphatic heterocycles. The second-order valence-electron chi connectivity index (χ2n) is 8.38. The average molecular weight is 450 g/mol. The summed E-state index contributed by atoms with van der Waals surface area (Å²) in [5.74, 6) is 0.436. The Hall–Kier alpha value is -4.06. The van der Waals surface area contributed by atoms with Crippen LogP contribution in [0.2, 0.25) is 0 Å². The van der Waals surface area contributed by atoms with Crippen molar-refractivity contribution in [2.24, 2.45) is 5.10 Å². The molecule has 3 rings (SSSR count). The summed E-state index contributed by atoms with van der Waals surface area (Å²) >= 11 is 0. The van der Waals surface area contributed by atoms with E-state index >= 15 is 0 Å². The Morgan fingerprint density at radius 1 is 0.970 bits per heavy atom. The van der Waals surface area contributed by atoms with Gasteiger partial charge in [0.1, 0.15) is 16.5 Å². The molecule has 1 saturated heterocycles. The summed E-state index contributed by atoms with van der Waals surface area (Å²) in [6.45, 7) is 14.2. The predicted molar refractivity (Wildman–Crippen MR) is 125 cm³/mol. The summed E-state index contributed by atoms with van der Waals surface area (Å²) in [7, 11) is 0. The van der Waals surface area contributed by atoms with E-state index in [0.29, 0.717) is 43.2 Å². The second kappa shape index (κ2) is 10.5. The lowest BCUT2D eigenvalue weighted by Gasteiger charge is -2.35. The molecule has 1 aliphatic rings. The van der Waals surface area contributed by atoms with Crippen LogP contribution in [0.3, 0.4) is 0 Å². The monoisotopic (exact) mass is 449 g/mol. The van der Waals surface area contributed by atoms with Crippen molar-refractivity contribution in [1.29, 1.82) is 0 Å². The molecule has 33 heavy (non-hydrogen) atoms. The summed E-state index contributed by atoms with van der Waals surface area (Å²) in [4.78, 5) is 31.4. The number of carbonyl (C=O) groups excluding carboxylic acids is 2. The van der Waals surface area contributed by atoms with Gasteiger partial charge in [-0.25, -0.2) is 4.79 Å². The van der Waals surface area contributed by atoms with Gasteiger partial charge in [0.2, 0.25) is 0 Å². The van der Waals surface area contributed by atoms with Gasteiger partial charge in [-0.15, -0.1) is 4.95 Å². The first-order chi connectivity index (χ1) is 15.7. The average Bonchev–Trinajstić information content (AvgIpc) is 2.79. The van der Waals surface area contributed by atoms with Crippen molar-refractivity contribution < 1.29 is 19.1 Å². The van der Waals surface area contributed by atoms with Crippen LogP contribution >= 0.6 is 0 Å². The van der Waals surface area contributed by atoms with Crippen LogP contribution in [0.5, 0.6) is 5.75 Å². The summed E-state index contributed by atoms with van der Waals surface area (Å²) < 4.78 is 11.0. The molecule has 9 nitrogen and oxygen atoms in total. The van der Waals surface area contributed by atoms with Gasteiger partial charge in [0.25, 0.3) is 5.91 Å². The van der Waals surface area contributed by atoms with Crippen LogP contribution in [0, 0.1) is 6.57 Å². The number of benzene rings is 2. The van der Waals surface area contributed by atoms with Gasteiger partial charge in [0, 0.05) is 37.4 Å². The van der Waals surface area contributed by atoms with Crippen molar-refractivity contribution in [3.63, 3.8) is 0 Å². The quantitative estimate of drug-likeness (QED) is 0.330. The van der Waals surface area contributed by atoms with E-state index in [9.17, 15) is 9.59 Å². The Kier molecular flexibility index (Phi) is 7.51. The molecule has 0 bridgehead atoms. The third-order valence-electron chi connectivity index (χ3n) is 4.70. The minimum Gasteiger partial charge on any atom is -0.444 e. The fourth-order valence-corrected chi connectivity index (χ4v) is 3.14. The lowest BCUT2D eigenvalue weighted by Crippen LogP contribution is -2.51. The van der Waals surface area contributed by atoms with Crippen LogP contribution in [0.1, 0.15) is 31.1 Å². The van der Waals surface area contributed by atoms with Crippen molar-refractivity contribution in [2.45, 2.75) is 26.4 Å². The van der Waals surface area contributed by atoms with Crippen molar-refractivity contribution >= 4 is 23.7 Å². The molecule has 0 unspecified atom stereocenters. The number of nitrogens with zero attached hydrogens (tertiary/aromatic N) is 4. The van der Waals surface area contributed by atoms with Crippen LogP contribution in [0.15, 0.2) is 59.7 Å². The molecule has 0 radical (unpaired) electrons. The van der Waals surface area contributed by atoms with Gasteiger partial charge in [0.05, 0.1) is 0 Å². The summed E-state index contributed by atoms with van der Waals surface area (Å²) in [6, 6.07) is 15.9. The van der Waals surface area contributed by atoms with Crippen LogP contribution in [-0.2, 0) is 4.74 Å². The van der Waals surface area contributed by atoms with Crippen LogP contribution in [0.4, 0.5) is 10.5 Å². The smallest absolute Gasteiger partial charge is 0.410 e. The fourth-order valence-electron chi connectivity index (χ4n) is 3.14. The molecule has 0 aliphatic carbocycles. The van der Waals surface area contributed by atoms with Gasteiger partial charge in [-0.2, -0.15) is 6.57 Å². The molecular weight excluding hydrogens is 422 g/mol. The van der Waals surface area contributed by atoms with Gasteiger partial charge < -0.3 is 24.6 Å². The Bertz CT molecular complexity index is 1030. The van der Waals surface area contributed by atoms with Crippen LogP contribution < -0.4 is 10.1 Å². The Morgan fingerprint density at radius 2 is 1.58 bits per heavy atom. The van der Waals surface area contributed by atoms with E-state index in [2.05, 4.69) is 15.4 Å². The maximum Gasteiger partial charge on any atom is 0.410 e. The summed E-state index contributed by atoms with van der Waals surface area (Å²) in [5.41, 5.74) is 0.601. The van der Waals surface area contributed by atoms with Crippen molar-refractivity contribution in [1.82, 2.24) is 9.80 Å². The SMILES string of the molecule is [C-]#[N+]/N=C(\Nc1ccc(C(=O)N2CCN(C(=O)OC(C)(C)C)CC2)cc1)Oc1ccccc1. The van der Waals surface area contributed by atoms with Crippen molar-refractivity contribution in [3.05, 3.63) is 71.7 Å². The number of carbonyl (C=O) groups is 2. The minimum atomic E-state index is -0.550. The molecule has 2 aromatic rings. The van der Waals surface area contributed by atoms with E-state index in [0.717, 1.165) is 0 Å². The minimum absolute atomic E-state index is 0.0357. The second-order valence-corrected chi connectivity index (χ2v) is 8.38. The van der Waals surface area contributed by atoms with Crippen LogP contribution in [0.25, 0.3) is 4.95 Å². The first-order valence-electron chi connectivity index (χ1n) is 10.6. The molecule has 0 atom stereocenters.